The quantitative estimate of drug-likeness (QED) is 0.664. The third-order valence-corrected chi connectivity index (χ3v) is 2.75. The lowest BCUT2D eigenvalue weighted by molar-refractivity contribution is 0.111. The molecule has 4 nitrogen and oxygen atoms in total. The van der Waals surface area contributed by atoms with Crippen molar-refractivity contribution in [3.63, 3.8) is 0 Å². The molecule has 2 heterocycles. The van der Waals surface area contributed by atoms with Crippen molar-refractivity contribution in [1.82, 2.24) is 14.4 Å². The second-order valence-corrected chi connectivity index (χ2v) is 3.88. The largest absolute Gasteiger partial charge is 0.296 e. The summed E-state index contributed by atoms with van der Waals surface area (Å²) in [6, 6.07) is 5.02. The predicted molar refractivity (Wildman–Crippen MR) is 63.7 cm³/mol. The molecule has 3 rings (SSSR count). The van der Waals surface area contributed by atoms with Gasteiger partial charge in [0.25, 0.3) is 0 Å². The van der Waals surface area contributed by atoms with E-state index < -0.39 is 11.6 Å². The van der Waals surface area contributed by atoms with Gasteiger partial charge in [-0.1, -0.05) is 0 Å². The molecule has 94 valence electrons. The molecule has 0 amide bonds. The molecule has 0 N–H and O–H groups in total. The third-order valence-electron chi connectivity index (χ3n) is 2.75. The number of carbonyl (C=O) groups excluding carboxylic acids is 1. The number of imidazole rings is 1. The summed E-state index contributed by atoms with van der Waals surface area (Å²) >= 11 is 0. The van der Waals surface area contributed by atoms with E-state index in [4.69, 9.17) is 0 Å². The predicted octanol–water partition coefficient (Wildman–Crippen LogP) is 2.49. The smallest absolute Gasteiger partial charge is 0.234 e. The van der Waals surface area contributed by atoms with Gasteiger partial charge in [-0.2, -0.15) is 0 Å². The van der Waals surface area contributed by atoms with Gasteiger partial charge >= 0.3 is 0 Å². The molecule has 0 fully saturated rings. The number of rotatable bonds is 2. The first-order valence-corrected chi connectivity index (χ1v) is 5.44. The van der Waals surface area contributed by atoms with E-state index in [2.05, 4.69) is 9.97 Å². The van der Waals surface area contributed by atoms with Gasteiger partial charge in [-0.15, -0.1) is 0 Å². The molecule has 0 aliphatic carbocycles. The van der Waals surface area contributed by atoms with E-state index in [1.165, 1.54) is 16.7 Å². The van der Waals surface area contributed by atoms with Crippen molar-refractivity contribution in [3.8, 4) is 11.3 Å². The maximum absolute atomic E-state index is 13.2. The topological polar surface area (TPSA) is 47.3 Å². The van der Waals surface area contributed by atoms with Crippen LogP contribution >= 0.6 is 0 Å². The zero-order valence-corrected chi connectivity index (χ0v) is 9.55. The lowest BCUT2D eigenvalue weighted by Crippen LogP contribution is -1.93. The van der Waals surface area contributed by atoms with Crippen LogP contribution in [-0.2, 0) is 0 Å². The molecule has 19 heavy (non-hydrogen) atoms. The van der Waals surface area contributed by atoms with Crippen LogP contribution in [0.4, 0.5) is 8.78 Å². The van der Waals surface area contributed by atoms with Gasteiger partial charge in [-0.3, -0.25) is 9.20 Å². The minimum Gasteiger partial charge on any atom is -0.296 e. The Balaban J connectivity index is 2.29. The summed E-state index contributed by atoms with van der Waals surface area (Å²) in [7, 11) is 0. The zero-order valence-electron chi connectivity index (χ0n) is 9.55. The van der Waals surface area contributed by atoms with E-state index in [-0.39, 0.29) is 11.4 Å². The summed E-state index contributed by atoms with van der Waals surface area (Å²) in [4.78, 5) is 19.3. The molecule has 0 saturated heterocycles. The van der Waals surface area contributed by atoms with Gasteiger partial charge in [0, 0.05) is 18.0 Å². The molecule has 0 atom stereocenters. The number of hydrogen-bond acceptors (Lipinski definition) is 3. The Morgan fingerprint density at radius 3 is 2.79 bits per heavy atom. The van der Waals surface area contributed by atoms with E-state index in [0.717, 1.165) is 12.1 Å². The normalized spacial score (nSPS) is 10.8. The van der Waals surface area contributed by atoms with Crippen LogP contribution < -0.4 is 0 Å². The van der Waals surface area contributed by atoms with Crippen molar-refractivity contribution < 1.29 is 13.6 Å². The fourth-order valence-electron chi connectivity index (χ4n) is 1.87. The van der Waals surface area contributed by atoms with Gasteiger partial charge in [-0.05, 0) is 24.3 Å². The molecule has 3 aromatic rings. The molecule has 0 aliphatic rings. The Hall–Kier alpha value is -2.63. The van der Waals surface area contributed by atoms with Crippen molar-refractivity contribution in [3.05, 3.63) is 54.0 Å². The van der Waals surface area contributed by atoms with Crippen molar-refractivity contribution in [2.24, 2.45) is 0 Å². The summed E-state index contributed by atoms with van der Waals surface area (Å²) < 4.78 is 27.7. The zero-order chi connectivity index (χ0) is 13.4. The highest BCUT2D eigenvalue weighted by molar-refractivity contribution is 5.85. The number of benzene rings is 1. The van der Waals surface area contributed by atoms with E-state index in [1.54, 1.807) is 12.3 Å². The Morgan fingerprint density at radius 2 is 2.05 bits per heavy atom. The molecule has 0 saturated carbocycles. The maximum atomic E-state index is 13.2. The fourth-order valence-corrected chi connectivity index (χ4v) is 1.87. The van der Waals surface area contributed by atoms with Gasteiger partial charge in [0.1, 0.15) is 11.4 Å². The fraction of sp³-hybridized carbons (Fsp3) is 0. The Bertz CT molecular complexity index is 783. The lowest BCUT2D eigenvalue weighted by atomic mass is 10.1. The molecule has 0 radical (unpaired) electrons. The number of hydrogen-bond donors (Lipinski definition) is 0. The number of nitrogens with zero attached hydrogens (tertiary/aromatic N) is 3. The molecule has 0 unspecified atom stereocenters. The first kappa shape index (κ1) is 11.5. The van der Waals surface area contributed by atoms with Crippen LogP contribution in [0.15, 0.2) is 36.7 Å². The number of fused-ring (bicyclic) bond motifs is 1. The second kappa shape index (κ2) is 4.24. The van der Waals surface area contributed by atoms with E-state index in [9.17, 15) is 13.6 Å². The van der Waals surface area contributed by atoms with Gasteiger partial charge in [0.2, 0.25) is 5.78 Å². The van der Waals surface area contributed by atoms with Gasteiger partial charge < -0.3 is 0 Å². The van der Waals surface area contributed by atoms with Gasteiger partial charge in [-0.25, -0.2) is 18.7 Å². The van der Waals surface area contributed by atoms with E-state index in [0.29, 0.717) is 17.6 Å². The molecule has 1 aromatic carbocycles. The first-order chi connectivity index (χ1) is 9.20. The molecule has 0 aliphatic heterocycles. The van der Waals surface area contributed by atoms with Crippen molar-refractivity contribution in [1.29, 1.82) is 0 Å². The van der Waals surface area contributed by atoms with E-state index >= 15 is 0 Å². The maximum Gasteiger partial charge on any atom is 0.234 e. The van der Waals surface area contributed by atoms with Crippen LogP contribution in [0.3, 0.4) is 0 Å². The summed E-state index contributed by atoms with van der Waals surface area (Å²) in [5, 5.41) is 0. The van der Waals surface area contributed by atoms with Crippen LogP contribution in [-0.4, -0.2) is 20.7 Å². The summed E-state index contributed by atoms with van der Waals surface area (Å²) in [6.07, 6.45) is 3.77. The molecule has 2 aromatic heterocycles. The summed E-state index contributed by atoms with van der Waals surface area (Å²) in [5.41, 5.74) is 0.841. The number of aromatic nitrogens is 3. The lowest BCUT2D eigenvalue weighted by Gasteiger charge is -1.99. The van der Waals surface area contributed by atoms with Gasteiger partial charge in [0.05, 0.1) is 0 Å². The highest BCUT2D eigenvalue weighted by Crippen LogP contribution is 2.24. The number of aldehydes is 1. The average Bonchev–Trinajstić information content (AvgIpc) is 2.80. The monoisotopic (exact) mass is 259 g/mol. The third kappa shape index (κ3) is 1.77. The molecule has 0 bridgehead atoms. The summed E-state index contributed by atoms with van der Waals surface area (Å²) in [6.45, 7) is 0. The Morgan fingerprint density at radius 1 is 1.21 bits per heavy atom. The highest BCUT2D eigenvalue weighted by Gasteiger charge is 2.15. The molecule has 0 spiro atoms. The van der Waals surface area contributed by atoms with Crippen LogP contribution in [0.25, 0.3) is 17.0 Å². The molecular formula is C13H7F2N3O. The van der Waals surface area contributed by atoms with Crippen molar-refractivity contribution in [2.45, 2.75) is 0 Å². The van der Waals surface area contributed by atoms with Crippen LogP contribution in [0, 0.1) is 11.6 Å². The minimum atomic E-state index is -0.987. The number of halogens is 2. The van der Waals surface area contributed by atoms with Crippen molar-refractivity contribution >= 4 is 12.1 Å². The standard InChI is InChI=1S/C13H7F2N3O/c14-9-3-2-8(6-10(9)15)12-11(7-19)18-5-1-4-16-13(18)17-12/h1-7H. The van der Waals surface area contributed by atoms with Crippen LogP contribution in [0.2, 0.25) is 0 Å². The highest BCUT2D eigenvalue weighted by atomic mass is 19.2. The average molecular weight is 259 g/mol. The van der Waals surface area contributed by atoms with Crippen molar-refractivity contribution in [2.75, 3.05) is 0 Å². The molecular weight excluding hydrogens is 252 g/mol. The Kier molecular flexibility index (Phi) is 2.56. The SMILES string of the molecule is O=Cc1c(-c2ccc(F)c(F)c2)nc2ncccn12. The van der Waals surface area contributed by atoms with Crippen LogP contribution in [0.1, 0.15) is 10.5 Å². The number of carbonyl (C=O) groups is 1. The second-order valence-electron chi connectivity index (χ2n) is 3.88. The van der Waals surface area contributed by atoms with E-state index in [1.807, 2.05) is 0 Å². The molecule has 6 heteroatoms. The van der Waals surface area contributed by atoms with Crippen LogP contribution in [0.5, 0.6) is 0 Å². The first-order valence-electron chi connectivity index (χ1n) is 5.44. The summed E-state index contributed by atoms with van der Waals surface area (Å²) in [5.74, 6) is -1.61. The van der Waals surface area contributed by atoms with Gasteiger partial charge in [0.15, 0.2) is 17.9 Å². The minimum absolute atomic E-state index is 0.245. The Labute approximate surface area is 106 Å².